The molecule has 4 nitrogen and oxygen atoms in total. The first-order valence-corrected chi connectivity index (χ1v) is 4.58. The molecule has 14 heavy (non-hydrogen) atoms. The van der Waals surface area contributed by atoms with Crippen LogP contribution in [0.1, 0.15) is 23.3 Å². The predicted octanol–water partition coefficient (Wildman–Crippen LogP) is 1.57. The summed E-state index contributed by atoms with van der Waals surface area (Å²) in [6.45, 7) is 0.684. The number of carboxylic acid groups (broad SMARTS) is 1. The fraction of sp³-hybridized carbons (Fsp3) is 0.400. The van der Waals surface area contributed by atoms with Crippen molar-refractivity contribution < 1.29 is 14.6 Å². The van der Waals surface area contributed by atoms with Gasteiger partial charge in [-0.2, -0.15) is 0 Å². The Balaban J connectivity index is 2.01. The van der Waals surface area contributed by atoms with Crippen molar-refractivity contribution >= 4 is 5.97 Å². The van der Waals surface area contributed by atoms with E-state index in [4.69, 9.17) is 9.84 Å². The minimum absolute atomic E-state index is 0.0262. The third kappa shape index (κ3) is 2.22. The Hall–Kier alpha value is -1.58. The second-order valence-corrected chi connectivity index (χ2v) is 3.44. The average Bonchev–Trinajstić information content (AvgIpc) is 2.99. The molecule has 1 aromatic rings. The first-order valence-electron chi connectivity index (χ1n) is 4.58. The van der Waals surface area contributed by atoms with Crippen molar-refractivity contribution in [3.05, 3.63) is 24.0 Å². The van der Waals surface area contributed by atoms with Crippen molar-refractivity contribution in [2.24, 2.45) is 5.92 Å². The molecular weight excluding hydrogens is 182 g/mol. The molecule has 1 N–H and O–H groups in total. The van der Waals surface area contributed by atoms with Gasteiger partial charge in [0.2, 0.25) is 0 Å². The number of carboxylic acids is 1. The summed E-state index contributed by atoms with van der Waals surface area (Å²) in [4.78, 5) is 14.3. The zero-order chi connectivity index (χ0) is 9.97. The van der Waals surface area contributed by atoms with Gasteiger partial charge in [-0.25, -0.2) is 9.78 Å². The molecule has 0 unspecified atom stereocenters. The highest BCUT2D eigenvalue weighted by Gasteiger charge is 2.22. The molecule has 1 aromatic heterocycles. The Morgan fingerprint density at radius 2 is 2.43 bits per heavy atom. The number of carbonyl (C=O) groups is 1. The maximum Gasteiger partial charge on any atom is 0.354 e. The fourth-order valence-corrected chi connectivity index (χ4v) is 1.12. The van der Waals surface area contributed by atoms with Gasteiger partial charge in [-0.05, 0) is 24.8 Å². The van der Waals surface area contributed by atoms with E-state index in [1.807, 2.05) is 0 Å². The van der Waals surface area contributed by atoms with Gasteiger partial charge in [0.15, 0.2) is 5.69 Å². The zero-order valence-electron chi connectivity index (χ0n) is 7.64. The highest BCUT2D eigenvalue weighted by Crippen LogP contribution is 2.29. The van der Waals surface area contributed by atoms with Crippen LogP contribution in [0.4, 0.5) is 0 Å². The number of hydrogen-bond acceptors (Lipinski definition) is 3. The van der Waals surface area contributed by atoms with Gasteiger partial charge < -0.3 is 9.84 Å². The Morgan fingerprint density at radius 3 is 3.07 bits per heavy atom. The van der Waals surface area contributed by atoms with E-state index < -0.39 is 5.97 Å². The van der Waals surface area contributed by atoms with E-state index in [0.717, 1.165) is 0 Å². The predicted molar refractivity (Wildman–Crippen MR) is 49.4 cm³/mol. The molecule has 0 aromatic carbocycles. The molecule has 0 radical (unpaired) electrons. The lowest BCUT2D eigenvalue weighted by molar-refractivity contribution is 0.0690. The van der Waals surface area contributed by atoms with E-state index in [2.05, 4.69) is 4.98 Å². The lowest BCUT2D eigenvalue weighted by Crippen LogP contribution is -2.03. The van der Waals surface area contributed by atoms with Crippen molar-refractivity contribution in [2.75, 3.05) is 6.61 Å². The molecule has 4 heteroatoms. The number of hydrogen-bond donors (Lipinski definition) is 1. The van der Waals surface area contributed by atoms with Gasteiger partial charge >= 0.3 is 5.97 Å². The molecule has 0 aliphatic heterocycles. The summed E-state index contributed by atoms with van der Waals surface area (Å²) in [5.41, 5.74) is 0.0262. The third-order valence-electron chi connectivity index (χ3n) is 2.13. The highest BCUT2D eigenvalue weighted by molar-refractivity contribution is 5.85. The molecule has 0 amide bonds. The molecule has 0 bridgehead atoms. The molecule has 0 saturated heterocycles. The summed E-state index contributed by atoms with van der Waals surface area (Å²) in [6, 6.07) is 3.12. The van der Waals surface area contributed by atoms with E-state index in [-0.39, 0.29) is 5.69 Å². The zero-order valence-corrected chi connectivity index (χ0v) is 7.64. The Morgan fingerprint density at radius 1 is 1.64 bits per heavy atom. The highest BCUT2D eigenvalue weighted by atomic mass is 16.5. The van der Waals surface area contributed by atoms with E-state index in [1.54, 1.807) is 6.07 Å². The number of ether oxygens (including phenoxy) is 1. The van der Waals surface area contributed by atoms with Gasteiger partial charge in [0.1, 0.15) is 5.75 Å². The molecular formula is C10H11NO3. The van der Waals surface area contributed by atoms with Crippen LogP contribution in [0.5, 0.6) is 5.75 Å². The van der Waals surface area contributed by atoms with Crippen molar-refractivity contribution in [3.63, 3.8) is 0 Å². The van der Waals surface area contributed by atoms with Crippen LogP contribution < -0.4 is 4.74 Å². The Labute approximate surface area is 81.5 Å². The van der Waals surface area contributed by atoms with E-state index in [1.165, 1.54) is 25.1 Å². The number of aromatic nitrogens is 1. The summed E-state index contributed by atoms with van der Waals surface area (Å²) < 4.78 is 5.42. The molecule has 1 fully saturated rings. The summed E-state index contributed by atoms with van der Waals surface area (Å²) in [7, 11) is 0. The van der Waals surface area contributed by atoms with E-state index in [9.17, 15) is 4.79 Å². The number of pyridine rings is 1. The number of nitrogens with zero attached hydrogens (tertiary/aromatic N) is 1. The largest absolute Gasteiger partial charge is 0.493 e. The first-order chi connectivity index (χ1) is 6.75. The maximum atomic E-state index is 10.6. The van der Waals surface area contributed by atoms with Crippen LogP contribution in [-0.4, -0.2) is 22.7 Å². The van der Waals surface area contributed by atoms with Gasteiger partial charge in [-0.15, -0.1) is 0 Å². The Bertz CT molecular complexity index is 347. The maximum absolute atomic E-state index is 10.6. The van der Waals surface area contributed by atoms with Crippen LogP contribution in [0.2, 0.25) is 0 Å². The first kappa shape index (κ1) is 8.99. The van der Waals surface area contributed by atoms with Crippen molar-refractivity contribution in [2.45, 2.75) is 12.8 Å². The summed E-state index contributed by atoms with van der Waals surface area (Å²) in [5, 5.41) is 8.68. The van der Waals surface area contributed by atoms with E-state index >= 15 is 0 Å². The molecule has 0 spiro atoms. The normalized spacial score (nSPS) is 15.1. The Kier molecular flexibility index (Phi) is 2.35. The monoisotopic (exact) mass is 193 g/mol. The lowest BCUT2D eigenvalue weighted by atomic mass is 10.3. The minimum Gasteiger partial charge on any atom is -0.493 e. The van der Waals surface area contributed by atoms with Gasteiger partial charge in [-0.3, -0.25) is 0 Å². The molecule has 0 atom stereocenters. The van der Waals surface area contributed by atoms with Crippen molar-refractivity contribution in [1.82, 2.24) is 4.98 Å². The van der Waals surface area contributed by atoms with Gasteiger partial charge in [0.05, 0.1) is 6.61 Å². The molecule has 74 valence electrons. The lowest BCUT2D eigenvalue weighted by Gasteiger charge is -2.04. The number of rotatable bonds is 4. The number of aromatic carboxylic acids is 1. The average molecular weight is 193 g/mol. The minimum atomic E-state index is -1.03. The van der Waals surface area contributed by atoms with Crippen LogP contribution in [-0.2, 0) is 0 Å². The van der Waals surface area contributed by atoms with Crippen molar-refractivity contribution in [3.8, 4) is 5.75 Å². The summed E-state index contributed by atoms with van der Waals surface area (Å²) >= 11 is 0. The molecule has 1 saturated carbocycles. The summed E-state index contributed by atoms with van der Waals surface area (Å²) in [5.74, 6) is 0.225. The van der Waals surface area contributed by atoms with E-state index in [0.29, 0.717) is 18.3 Å². The topological polar surface area (TPSA) is 59.4 Å². The van der Waals surface area contributed by atoms with Crippen LogP contribution in [0.3, 0.4) is 0 Å². The smallest absolute Gasteiger partial charge is 0.354 e. The van der Waals surface area contributed by atoms with Crippen LogP contribution in [0, 0.1) is 5.92 Å². The van der Waals surface area contributed by atoms with Crippen molar-refractivity contribution in [1.29, 1.82) is 0 Å². The summed E-state index contributed by atoms with van der Waals surface area (Å²) in [6.07, 6.45) is 3.89. The van der Waals surface area contributed by atoms with Gasteiger partial charge in [0, 0.05) is 12.3 Å². The van der Waals surface area contributed by atoms with Crippen LogP contribution in [0.15, 0.2) is 18.3 Å². The second-order valence-electron chi connectivity index (χ2n) is 3.44. The second kappa shape index (κ2) is 3.65. The quantitative estimate of drug-likeness (QED) is 0.788. The van der Waals surface area contributed by atoms with Crippen LogP contribution >= 0.6 is 0 Å². The molecule has 1 aliphatic carbocycles. The third-order valence-corrected chi connectivity index (χ3v) is 2.13. The fourth-order valence-electron chi connectivity index (χ4n) is 1.12. The van der Waals surface area contributed by atoms with Gasteiger partial charge in [-0.1, -0.05) is 0 Å². The SMILES string of the molecule is O=C(O)c1cc(OCC2CC2)ccn1. The molecule has 1 aliphatic rings. The molecule has 1 heterocycles. The standard InChI is InChI=1S/C10H11NO3/c12-10(13)9-5-8(3-4-11-9)14-6-7-1-2-7/h3-5,7H,1-2,6H2,(H,12,13). The van der Waals surface area contributed by atoms with Crippen LogP contribution in [0.25, 0.3) is 0 Å². The van der Waals surface area contributed by atoms with Gasteiger partial charge in [0.25, 0.3) is 0 Å². The molecule has 2 rings (SSSR count).